The van der Waals surface area contributed by atoms with Crippen molar-refractivity contribution in [1.29, 1.82) is 0 Å². The number of unbranched alkanes of at least 4 members (excludes halogenated alkanes) is 2. The summed E-state index contributed by atoms with van der Waals surface area (Å²) in [6.45, 7) is 5.77. The average Bonchev–Trinajstić information content (AvgIpc) is 2.41. The maximum Gasteiger partial charge on any atom is 0.271 e. The van der Waals surface area contributed by atoms with Gasteiger partial charge in [-0.15, -0.1) is 10.2 Å². The number of hydrogen-bond acceptors (Lipinski definition) is 4. The van der Waals surface area contributed by atoms with Crippen molar-refractivity contribution in [2.45, 2.75) is 39.5 Å². The molecule has 0 aliphatic rings. The molecule has 0 fully saturated rings. The normalized spacial score (nSPS) is 10.1. The van der Waals surface area contributed by atoms with Gasteiger partial charge in [0.1, 0.15) is 5.82 Å². The largest absolute Gasteiger partial charge is 0.369 e. The van der Waals surface area contributed by atoms with Crippen LogP contribution < -0.4 is 10.6 Å². The number of carbonyl (C=O) groups is 1. The quantitative estimate of drug-likeness (QED) is 0.694. The van der Waals surface area contributed by atoms with Crippen LogP contribution in [0.4, 0.5) is 5.82 Å². The van der Waals surface area contributed by atoms with Crippen molar-refractivity contribution < 1.29 is 4.79 Å². The third-order valence-corrected chi connectivity index (χ3v) is 2.52. The lowest BCUT2D eigenvalue weighted by molar-refractivity contribution is 0.0947. The van der Waals surface area contributed by atoms with E-state index in [1.165, 1.54) is 0 Å². The highest BCUT2D eigenvalue weighted by molar-refractivity contribution is 5.92. The Bertz CT molecular complexity index is 351. The van der Waals surface area contributed by atoms with E-state index in [-0.39, 0.29) is 5.91 Å². The molecule has 0 radical (unpaired) electrons. The first kappa shape index (κ1) is 14.4. The summed E-state index contributed by atoms with van der Waals surface area (Å²) >= 11 is 0. The van der Waals surface area contributed by atoms with Gasteiger partial charge in [0.05, 0.1) is 0 Å². The summed E-state index contributed by atoms with van der Waals surface area (Å²) in [6.07, 6.45) is 4.31. The van der Waals surface area contributed by atoms with Crippen molar-refractivity contribution in [3.8, 4) is 0 Å². The number of nitrogens with zero attached hydrogens (tertiary/aromatic N) is 2. The Hall–Kier alpha value is -1.65. The molecule has 2 N–H and O–H groups in total. The van der Waals surface area contributed by atoms with Gasteiger partial charge in [0.2, 0.25) is 0 Å². The van der Waals surface area contributed by atoms with Gasteiger partial charge in [-0.1, -0.05) is 26.7 Å². The van der Waals surface area contributed by atoms with E-state index in [1.807, 2.05) is 0 Å². The zero-order chi connectivity index (χ0) is 13.2. The van der Waals surface area contributed by atoms with Crippen molar-refractivity contribution in [2.75, 3.05) is 18.4 Å². The van der Waals surface area contributed by atoms with Crippen LogP contribution in [0, 0.1) is 0 Å². The van der Waals surface area contributed by atoms with Crippen LogP contribution in [0.5, 0.6) is 0 Å². The van der Waals surface area contributed by atoms with Crippen LogP contribution in [0.2, 0.25) is 0 Å². The molecule has 0 aromatic carbocycles. The van der Waals surface area contributed by atoms with Crippen molar-refractivity contribution in [2.24, 2.45) is 0 Å². The first-order chi connectivity index (χ1) is 8.77. The van der Waals surface area contributed by atoms with E-state index in [2.05, 4.69) is 34.7 Å². The van der Waals surface area contributed by atoms with Crippen LogP contribution in [0.1, 0.15) is 50.0 Å². The molecule has 0 saturated heterocycles. The lowest BCUT2D eigenvalue weighted by atomic mass is 10.2. The molecule has 1 aromatic rings. The van der Waals surface area contributed by atoms with Gasteiger partial charge in [0.25, 0.3) is 5.91 Å². The molecular weight excluding hydrogens is 228 g/mol. The van der Waals surface area contributed by atoms with Gasteiger partial charge in [-0.2, -0.15) is 0 Å². The van der Waals surface area contributed by atoms with E-state index in [1.54, 1.807) is 12.1 Å². The number of carbonyl (C=O) groups excluding carboxylic acids is 1. The van der Waals surface area contributed by atoms with Crippen molar-refractivity contribution in [3.05, 3.63) is 17.8 Å². The zero-order valence-corrected chi connectivity index (χ0v) is 11.2. The number of aromatic nitrogens is 2. The molecule has 1 rings (SSSR count). The summed E-state index contributed by atoms with van der Waals surface area (Å²) in [6, 6.07) is 3.48. The van der Waals surface area contributed by atoms with Gasteiger partial charge in [-0.25, -0.2) is 0 Å². The predicted molar refractivity (Wildman–Crippen MR) is 72.7 cm³/mol. The fourth-order valence-corrected chi connectivity index (χ4v) is 1.47. The Morgan fingerprint density at radius 2 is 1.94 bits per heavy atom. The maximum absolute atomic E-state index is 11.7. The molecule has 0 spiro atoms. The molecule has 0 aliphatic carbocycles. The SMILES string of the molecule is CCCCCNC(=O)c1ccc(NCCC)nn1. The highest BCUT2D eigenvalue weighted by Gasteiger charge is 2.06. The lowest BCUT2D eigenvalue weighted by Crippen LogP contribution is -2.25. The number of rotatable bonds is 8. The Balaban J connectivity index is 2.38. The number of nitrogens with one attached hydrogen (secondary N) is 2. The zero-order valence-electron chi connectivity index (χ0n) is 11.2. The summed E-state index contributed by atoms with van der Waals surface area (Å²) < 4.78 is 0. The smallest absolute Gasteiger partial charge is 0.271 e. The third-order valence-electron chi connectivity index (χ3n) is 2.52. The highest BCUT2D eigenvalue weighted by atomic mass is 16.1. The second-order valence-corrected chi connectivity index (χ2v) is 4.19. The summed E-state index contributed by atoms with van der Waals surface area (Å²) in [5, 5.41) is 13.8. The number of hydrogen-bond donors (Lipinski definition) is 2. The van der Waals surface area contributed by atoms with Crippen molar-refractivity contribution in [1.82, 2.24) is 15.5 Å². The summed E-state index contributed by atoms with van der Waals surface area (Å²) in [5.74, 6) is 0.556. The molecule has 0 saturated carbocycles. The van der Waals surface area contributed by atoms with E-state index < -0.39 is 0 Å². The fraction of sp³-hybridized carbons (Fsp3) is 0.615. The van der Waals surface area contributed by atoms with Gasteiger partial charge in [0.15, 0.2) is 5.69 Å². The molecule has 0 aliphatic heterocycles. The summed E-state index contributed by atoms with van der Waals surface area (Å²) in [5.41, 5.74) is 0.369. The van der Waals surface area contributed by atoms with E-state index in [9.17, 15) is 4.79 Å². The summed E-state index contributed by atoms with van der Waals surface area (Å²) in [7, 11) is 0. The number of anilines is 1. The predicted octanol–water partition coefficient (Wildman–Crippen LogP) is 2.22. The molecular formula is C13H22N4O. The van der Waals surface area contributed by atoms with Crippen LogP contribution in [-0.2, 0) is 0 Å². The minimum atomic E-state index is -0.152. The molecule has 1 amide bonds. The first-order valence-electron chi connectivity index (χ1n) is 6.63. The minimum absolute atomic E-state index is 0.152. The molecule has 0 bridgehead atoms. The molecule has 100 valence electrons. The Morgan fingerprint density at radius 1 is 1.11 bits per heavy atom. The molecule has 0 atom stereocenters. The van der Waals surface area contributed by atoms with E-state index in [0.717, 1.165) is 32.2 Å². The highest BCUT2D eigenvalue weighted by Crippen LogP contribution is 2.02. The monoisotopic (exact) mass is 250 g/mol. The lowest BCUT2D eigenvalue weighted by Gasteiger charge is -2.05. The Morgan fingerprint density at radius 3 is 2.56 bits per heavy atom. The molecule has 18 heavy (non-hydrogen) atoms. The number of amides is 1. The third kappa shape index (κ3) is 5.12. The molecule has 0 unspecified atom stereocenters. The standard InChI is InChI=1S/C13H22N4O/c1-3-5-6-10-15-13(18)11-7-8-12(17-16-11)14-9-4-2/h7-8H,3-6,9-10H2,1-2H3,(H,14,17)(H,15,18). The fourth-order valence-electron chi connectivity index (χ4n) is 1.47. The first-order valence-corrected chi connectivity index (χ1v) is 6.63. The van der Waals surface area contributed by atoms with Crippen LogP contribution in [-0.4, -0.2) is 29.2 Å². The minimum Gasteiger partial charge on any atom is -0.369 e. The van der Waals surface area contributed by atoms with Gasteiger partial charge in [-0.3, -0.25) is 4.79 Å². The summed E-state index contributed by atoms with van der Waals surface area (Å²) in [4.78, 5) is 11.7. The Kier molecular flexibility index (Phi) is 6.76. The molecule has 5 heteroatoms. The van der Waals surface area contributed by atoms with Gasteiger partial charge < -0.3 is 10.6 Å². The molecule has 5 nitrogen and oxygen atoms in total. The van der Waals surface area contributed by atoms with Gasteiger partial charge in [0, 0.05) is 13.1 Å². The van der Waals surface area contributed by atoms with Gasteiger partial charge >= 0.3 is 0 Å². The van der Waals surface area contributed by atoms with E-state index in [0.29, 0.717) is 18.1 Å². The van der Waals surface area contributed by atoms with Crippen molar-refractivity contribution in [3.63, 3.8) is 0 Å². The van der Waals surface area contributed by atoms with E-state index in [4.69, 9.17) is 0 Å². The topological polar surface area (TPSA) is 66.9 Å². The maximum atomic E-state index is 11.7. The molecule has 1 aromatic heterocycles. The second kappa shape index (κ2) is 8.44. The Labute approximate surface area is 108 Å². The van der Waals surface area contributed by atoms with Crippen LogP contribution in [0.15, 0.2) is 12.1 Å². The van der Waals surface area contributed by atoms with Gasteiger partial charge in [-0.05, 0) is 25.0 Å². The van der Waals surface area contributed by atoms with Crippen LogP contribution in [0.3, 0.4) is 0 Å². The van der Waals surface area contributed by atoms with Crippen LogP contribution in [0.25, 0.3) is 0 Å². The van der Waals surface area contributed by atoms with Crippen molar-refractivity contribution >= 4 is 11.7 Å². The average molecular weight is 250 g/mol. The molecule has 1 heterocycles. The van der Waals surface area contributed by atoms with E-state index >= 15 is 0 Å². The van der Waals surface area contributed by atoms with Crippen LogP contribution >= 0.6 is 0 Å². The second-order valence-electron chi connectivity index (χ2n) is 4.19.